The van der Waals surface area contributed by atoms with Crippen LogP contribution in [0.5, 0.6) is 0 Å². The summed E-state index contributed by atoms with van der Waals surface area (Å²) in [7, 11) is 0. The predicted molar refractivity (Wildman–Crippen MR) is 69.9 cm³/mol. The van der Waals surface area contributed by atoms with E-state index in [1.54, 1.807) is 12.1 Å². The monoisotopic (exact) mass is 299 g/mol. The summed E-state index contributed by atoms with van der Waals surface area (Å²) in [4.78, 5) is 11.9. The molecule has 3 nitrogen and oxygen atoms in total. The molecule has 1 aliphatic carbocycles. The Morgan fingerprint density at radius 2 is 2.29 bits per heavy atom. The molecule has 0 bridgehead atoms. The summed E-state index contributed by atoms with van der Waals surface area (Å²) in [6.45, 7) is 4.52. The van der Waals surface area contributed by atoms with E-state index in [9.17, 15) is 4.79 Å². The Hall–Kier alpha value is -0.770. The summed E-state index contributed by atoms with van der Waals surface area (Å²) in [5.74, 6) is 0.263. The number of amides is 1. The topological polar surface area (TPSA) is 42.2 Å². The molecule has 0 radical (unpaired) electrons. The fourth-order valence-corrected chi connectivity index (χ4v) is 2.82. The Labute approximate surface area is 110 Å². The van der Waals surface area contributed by atoms with Crippen LogP contribution in [0.15, 0.2) is 21.2 Å². The molecule has 1 fully saturated rings. The van der Waals surface area contributed by atoms with E-state index in [1.807, 2.05) is 0 Å². The average molecular weight is 300 g/mol. The van der Waals surface area contributed by atoms with E-state index < -0.39 is 0 Å². The first-order valence-electron chi connectivity index (χ1n) is 6.02. The second-order valence-electron chi connectivity index (χ2n) is 5.53. The quantitative estimate of drug-likeness (QED) is 0.904. The van der Waals surface area contributed by atoms with Gasteiger partial charge in [0, 0.05) is 6.04 Å². The Morgan fingerprint density at radius 1 is 1.53 bits per heavy atom. The van der Waals surface area contributed by atoms with Crippen LogP contribution >= 0.6 is 15.9 Å². The van der Waals surface area contributed by atoms with Gasteiger partial charge in [-0.15, -0.1) is 0 Å². The summed E-state index contributed by atoms with van der Waals surface area (Å²) in [5.41, 5.74) is 0.333. The molecule has 0 saturated heterocycles. The zero-order valence-corrected chi connectivity index (χ0v) is 11.8. The summed E-state index contributed by atoms with van der Waals surface area (Å²) in [5, 5.41) is 3.05. The second-order valence-corrected chi connectivity index (χ2v) is 6.32. The molecule has 94 valence electrons. The van der Waals surface area contributed by atoms with Gasteiger partial charge in [0.05, 0.1) is 0 Å². The maximum absolute atomic E-state index is 11.9. The highest BCUT2D eigenvalue weighted by Gasteiger charge is 2.29. The highest BCUT2D eigenvalue weighted by atomic mass is 79.9. The van der Waals surface area contributed by atoms with Gasteiger partial charge in [0.1, 0.15) is 0 Å². The maximum Gasteiger partial charge on any atom is 0.287 e. The lowest BCUT2D eigenvalue weighted by atomic mass is 9.75. The third-order valence-electron chi connectivity index (χ3n) is 3.34. The predicted octanol–water partition coefficient (Wildman–Crippen LogP) is 3.74. The van der Waals surface area contributed by atoms with Crippen LogP contribution in [0.4, 0.5) is 0 Å². The maximum atomic E-state index is 11.9. The van der Waals surface area contributed by atoms with Gasteiger partial charge in [-0.1, -0.05) is 20.3 Å². The van der Waals surface area contributed by atoms with E-state index in [2.05, 4.69) is 35.1 Å². The van der Waals surface area contributed by atoms with E-state index in [0.717, 1.165) is 12.8 Å². The molecule has 1 unspecified atom stereocenters. The van der Waals surface area contributed by atoms with E-state index in [4.69, 9.17) is 4.42 Å². The molecule has 0 spiro atoms. The molecule has 1 saturated carbocycles. The van der Waals surface area contributed by atoms with Crippen molar-refractivity contribution in [2.75, 3.05) is 0 Å². The summed E-state index contributed by atoms with van der Waals surface area (Å²) in [6, 6.07) is 3.70. The van der Waals surface area contributed by atoms with Crippen LogP contribution in [0.1, 0.15) is 50.1 Å². The van der Waals surface area contributed by atoms with E-state index in [-0.39, 0.29) is 11.9 Å². The van der Waals surface area contributed by atoms with Gasteiger partial charge in [-0.3, -0.25) is 4.79 Å². The van der Waals surface area contributed by atoms with Crippen molar-refractivity contribution in [1.82, 2.24) is 5.32 Å². The van der Waals surface area contributed by atoms with Crippen molar-refractivity contribution >= 4 is 21.8 Å². The molecule has 0 aromatic carbocycles. The number of hydrogen-bond donors (Lipinski definition) is 1. The van der Waals surface area contributed by atoms with Crippen LogP contribution in [0.3, 0.4) is 0 Å². The number of rotatable bonds is 2. The molecule has 1 amide bonds. The van der Waals surface area contributed by atoms with Crippen molar-refractivity contribution in [1.29, 1.82) is 0 Å². The van der Waals surface area contributed by atoms with Crippen LogP contribution in [0.25, 0.3) is 0 Å². The van der Waals surface area contributed by atoms with Crippen molar-refractivity contribution in [3.05, 3.63) is 22.6 Å². The van der Waals surface area contributed by atoms with Crippen LogP contribution < -0.4 is 5.32 Å². The summed E-state index contributed by atoms with van der Waals surface area (Å²) >= 11 is 3.20. The SMILES string of the molecule is CC1(C)CCCC(NC(=O)c2ccc(Br)o2)C1. The number of carbonyl (C=O) groups excluding carboxylic acids is 1. The molecule has 1 N–H and O–H groups in total. The molecule has 1 heterocycles. The van der Waals surface area contributed by atoms with Gasteiger partial charge < -0.3 is 9.73 Å². The lowest BCUT2D eigenvalue weighted by Gasteiger charge is -2.35. The molecule has 1 aromatic heterocycles. The molecule has 1 aromatic rings. The van der Waals surface area contributed by atoms with E-state index in [0.29, 0.717) is 15.8 Å². The summed E-state index contributed by atoms with van der Waals surface area (Å²) in [6.07, 6.45) is 4.53. The molecule has 1 aliphatic rings. The second kappa shape index (κ2) is 4.84. The van der Waals surface area contributed by atoms with Crippen LogP contribution in [-0.4, -0.2) is 11.9 Å². The molecular formula is C13H18BrNO2. The highest BCUT2D eigenvalue weighted by molar-refractivity contribution is 9.10. The Bertz CT molecular complexity index is 411. The number of hydrogen-bond acceptors (Lipinski definition) is 2. The molecule has 4 heteroatoms. The van der Waals surface area contributed by atoms with Crippen molar-refractivity contribution in [2.45, 2.75) is 45.6 Å². The van der Waals surface area contributed by atoms with Crippen molar-refractivity contribution in [3.8, 4) is 0 Å². The van der Waals surface area contributed by atoms with Gasteiger partial charge in [-0.25, -0.2) is 0 Å². The number of carbonyl (C=O) groups is 1. The molecular weight excluding hydrogens is 282 g/mol. The van der Waals surface area contributed by atoms with E-state index >= 15 is 0 Å². The molecule has 1 atom stereocenters. The number of nitrogens with one attached hydrogen (secondary N) is 1. The van der Waals surface area contributed by atoms with Gasteiger partial charge in [0.2, 0.25) is 0 Å². The Balaban J connectivity index is 1.95. The lowest BCUT2D eigenvalue weighted by Crippen LogP contribution is -2.40. The molecule has 17 heavy (non-hydrogen) atoms. The van der Waals surface area contributed by atoms with Crippen molar-refractivity contribution < 1.29 is 9.21 Å². The van der Waals surface area contributed by atoms with Gasteiger partial charge in [-0.2, -0.15) is 0 Å². The highest BCUT2D eigenvalue weighted by Crippen LogP contribution is 2.35. The lowest BCUT2D eigenvalue weighted by molar-refractivity contribution is 0.0873. The third kappa shape index (κ3) is 3.35. The Morgan fingerprint density at radius 3 is 2.88 bits per heavy atom. The summed E-state index contributed by atoms with van der Waals surface area (Å²) < 4.78 is 5.83. The van der Waals surface area contributed by atoms with Gasteiger partial charge in [0.25, 0.3) is 5.91 Å². The average Bonchev–Trinajstić information content (AvgIpc) is 2.63. The smallest absolute Gasteiger partial charge is 0.287 e. The fourth-order valence-electron chi connectivity index (χ4n) is 2.51. The number of furan rings is 1. The minimum absolute atomic E-state index is 0.113. The van der Waals surface area contributed by atoms with Crippen LogP contribution in [-0.2, 0) is 0 Å². The van der Waals surface area contributed by atoms with Crippen LogP contribution in [0, 0.1) is 5.41 Å². The number of halogens is 1. The largest absolute Gasteiger partial charge is 0.444 e. The minimum Gasteiger partial charge on any atom is -0.444 e. The standard InChI is InChI=1S/C13H18BrNO2/c1-13(2)7-3-4-9(8-13)15-12(16)10-5-6-11(14)17-10/h5-6,9H,3-4,7-8H2,1-2H3,(H,15,16). The molecule has 0 aliphatic heterocycles. The van der Waals surface area contributed by atoms with Gasteiger partial charge in [-0.05, 0) is 52.7 Å². The van der Waals surface area contributed by atoms with Crippen molar-refractivity contribution in [2.24, 2.45) is 5.41 Å². The van der Waals surface area contributed by atoms with Crippen molar-refractivity contribution in [3.63, 3.8) is 0 Å². The first-order chi connectivity index (χ1) is 7.96. The van der Waals surface area contributed by atoms with E-state index in [1.165, 1.54) is 12.8 Å². The minimum atomic E-state index is -0.113. The van der Waals surface area contributed by atoms with Gasteiger partial charge in [0.15, 0.2) is 10.4 Å². The van der Waals surface area contributed by atoms with Crippen LogP contribution in [0.2, 0.25) is 0 Å². The zero-order chi connectivity index (χ0) is 12.5. The normalized spacial score (nSPS) is 23.4. The first kappa shape index (κ1) is 12.7. The first-order valence-corrected chi connectivity index (χ1v) is 6.82. The Kier molecular flexibility index (Phi) is 3.61. The molecule has 2 rings (SSSR count). The zero-order valence-electron chi connectivity index (χ0n) is 10.3. The fraction of sp³-hybridized carbons (Fsp3) is 0.615. The third-order valence-corrected chi connectivity index (χ3v) is 3.76. The van der Waals surface area contributed by atoms with Gasteiger partial charge >= 0.3 is 0 Å².